The second-order valence-electron chi connectivity index (χ2n) is 24.3. The molecule has 0 N–H and O–H groups in total. The van der Waals surface area contributed by atoms with Crippen molar-refractivity contribution in [1.29, 1.82) is 0 Å². The van der Waals surface area contributed by atoms with Crippen molar-refractivity contribution in [2.24, 2.45) is 0 Å². The maximum Gasteiger partial charge on any atom is 0.333 e. The number of nitrogens with zero attached hydrogens (tertiary/aromatic N) is 4. The van der Waals surface area contributed by atoms with Crippen LogP contribution in [-0.2, 0) is 0 Å². The van der Waals surface area contributed by atoms with E-state index in [1.165, 1.54) is 187 Å². The molecule has 2 aliphatic heterocycles. The maximum atomic E-state index is 2.71. The Hall–Kier alpha value is -10.0. The predicted molar refractivity (Wildman–Crippen MR) is 360 cm³/mol. The van der Waals surface area contributed by atoms with Gasteiger partial charge in [0.1, 0.15) is 0 Å². The summed E-state index contributed by atoms with van der Waals surface area (Å²) in [5, 5.41) is 10.3. The molecule has 0 unspecified atom stereocenters. The van der Waals surface area contributed by atoms with E-state index in [4.69, 9.17) is 0 Å². The van der Waals surface area contributed by atoms with E-state index in [9.17, 15) is 0 Å². The first-order valence-electron chi connectivity index (χ1n) is 29.7. The van der Waals surface area contributed by atoms with Crippen LogP contribution in [0.4, 0.5) is 0 Å². The van der Waals surface area contributed by atoms with Gasteiger partial charge < -0.3 is 18.1 Å². The maximum absolute atomic E-state index is 2.71. The van der Waals surface area contributed by atoms with Gasteiger partial charge in [0.2, 0.25) is 0 Å². The van der Waals surface area contributed by atoms with Crippen LogP contribution in [0.25, 0.3) is 132 Å². The average molecular weight is 1070 g/mol. The minimum atomic E-state index is -0.0941. The largest absolute Gasteiger partial charge is 0.375 e. The highest BCUT2D eigenvalue weighted by Crippen LogP contribution is 2.44. The van der Waals surface area contributed by atoms with Crippen molar-refractivity contribution < 1.29 is 0 Å². The Morgan fingerprint density at radius 3 is 1.49 bits per heavy atom. The Labute approximate surface area is 488 Å². The molecule has 0 fully saturated rings. The number of hydrogen-bond acceptors (Lipinski definition) is 0. The minimum absolute atomic E-state index is 0.0396. The van der Waals surface area contributed by atoms with Gasteiger partial charge in [-0.15, -0.1) is 0 Å². The first-order chi connectivity index (χ1) is 41.2. The highest BCUT2D eigenvalue weighted by Gasteiger charge is 2.40. The molecule has 0 radical (unpaired) electrons. The van der Waals surface area contributed by atoms with Crippen LogP contribution in [0.3, 0.4) is 0 Å². The number of para-hydroxylation sites is 5. The molecule has 0 saturated carbocycles. The van der Waals surface area contributed by atoms with Crippen LogP contribution < -0.4 is 21.9 Å². The molecule has 6 heteroatoms. The van der Waals surface area contributed by atoms with Gasteiger partial charge in [0, 0.05) is 76.5 Å². The lowest BCUT2D eigenvalue weighted by molar-refractivity contribution is 1.17. The van der Waals surface area contributed by atoms with Crippen molar-refractivity contribution in [1.82, 2.24) is 18.1 Å². The SMILES string of the molecule is Cc1ccc2c(c1)c1cc(C)cc3c1n2-c1ccccc1B3n1c2c(C)cccc2c2cc(-c3cccc(-c4ccc5c6ccc(-c7ccccc7)c7c6n(c5c4)-c4ccccc4B7n4c5c(C)cccc5c5cccc(C)c54)c3)cc(C)c21. The number of aromatic nitrogens is 4. The molecule has 0 bridgehead atoms. The minimum Gasteiger partial charge on any atom is -0.375 e. The number of benzene rings is 12. The Morgan fingerprint density at radius 2 is 0.786 bits per heavy atom. The van der Waals surface area contributed by atoms with Gasteiger partial charge in [-0.1, -0.05) is 187 Å². The van der Waals surface area contributed by atoms with Crippen molar-refractivity contribution in [3.8, 4) is 44.8 Å². The lowest BCUT2D eigenvalue weighted by atomic mass is 9.46. The van der Waals surface area contributed by atoms with E-state index in [-0.39, 0.29) is 13.7 Å². The quantitative estimate of drug-likeness (QED) is 0.153. The summed E-state index contributed by atoms with van der Waals surface area (Å²) < 4.78 is 10.5. The Kier molecular flexibility index (Phi) is 9.78. The standard InChI is InChI=1S/C78H56B2N4/c1-45-32-37-68-62(38-45)63-39-46(2)40-67-77(63)81(68)69-30-12-10-28-65(69)79(67)83-75-49(5)20-16-27-60(75)64-43-55(41-50(6)76(64)83)53-24-17-23-52(42-53)54-33-34-57-61-36-35-56(51-21-8-7-9-22-51)72-78(61)82(71(57)44-54)70-31-13-11-29-66(70)80(72)84-73-47(3)18-14-25-58(73)59-26-15-19-48(4)74(59)84/h7-44H,1-6H3. The monoisotopic (exact) mass is 1070 g/mol. The summed E-state index contributed by atoms with van der Waals surface area (Å²) in [4.78, 5) is 0. The summed E-state index contributed by atoms with van der Waals surface area (Å²) in [5.74, 6) is 0. The predicted octanol–water partition coefficient (Wildman–Crippen LogP) is 16.9. The first-order valence-corrected chi connectivity index (χ1v) is 29.7. The zero-order valence-electron chi connectivity index (χ0n) is 47.9. The van der Waals surface area contributed by atoms with Gasteiger partial charge in [-0.25, -0.2) is 0 Å². The third kappa shape index (κ3) is 6.35. The Morgan fingerprint density at radius 1 is 0.262 bits per heavy atom. The van der Waals surface area contributed by atoms with Crippen molar-refractivity contribution in [2.45, 2.75) is 41.5 Å². The summed E-state index contributed by atoms with van der Waals surface area (Å²) in [5.41, 5.74) is 33.0. The van der Waals surface area contributed by atoms with E-state index in [1.54, 1.807) is 0 Å². The summed E-state index contributed by atoms with van der Waals surface area (Å²) in [7, 11) is 0. The van der Waals surface area contributed by atoms with E-state index in [2.05, 4.69) is 290 Å². The van der Waals surface area contributed by atoms with Gasteiger partial charge >= 0.3 is 13.7 Å². The molecule has 4 nitrogen and oxygen atoms in total. The number of hydrogen-bond donors (Lipinski definition) is 0. The molecule has 2 aliphatic rings. The van der Waals surface area contributed by atoms with Gasteiger partial charge in [0.05, 0.1) is 22.1 Å². The molecule has 0 atom stereocenters. The second-order valence-corrected chi connectivity index (χ2v) is 24.3. The van der Waals surface area contributed by atoms with Crippen molar-refractivity contribution in [3.63, 3.8) is 0 Å². The van der Waals surface area contributed by atoms with Crippen LogP contribution >= 0.6 is 0 Å². The Bertz CT molecular complexity index is 5530. The van der Waals surface area contributed by atoms with Crippen LogP contribution in [0.5, 0.6) is 0 Å². The van der Waals surface area contributed by atoms with Crippen molar-refractivity contribution >= 4 is 123 Å². The van der Waals surface area contributed by atoms with Crippen LogP contribution in [0.15, 0.2) is 231 Å². The van der Waals surface area contributed by atoms with Gasteiger partial charge in [-0.3, -0.25) is 0 Å². The lowest BCUT2D eigenvalue weighted by Gasteiger charge is -2.30. The first kappa shape index (κ1) is 47.6. The van der Waals surface area contributed by atoms with Gasteiger partial charge in [-0.05, 0) is 174 Å². The number of rotatable bonds is 5. The fourth-order valence-electron chi connectivity index (χ4n) is 16.0. The summed E-state index contributed by atoms with van der Waals surface area (Å²) in [6.07, 6.45) is 0. The molecule has 16 aromatic rings. The van der Waals surface area contributed by atoms with E-state index < -0.39 is 0 Å². The van der Waals surface area contributed by atoms with Crippen LogP contribution in [-0.4, -0.2) is 31.8 Å². The summed E-state index contributed by atoms with van der Waals surface area (Å²) in [6, 6.07) is 87.9. The molecule has 394 valence electrons. The third-order valence-corrected chi connectivity index (χ3v) is 19.4. The van der Waals surface area contributed by atoms with Crippen molar-refractivity contribution in [3.05, 3.63) is 264 Å². The molecule has 0 amide bonds. The van der Waals surface area contributed by atoms with Gasteiger partial charge in [0.15, 0.2) is 0 Å². The molecule has 84 heavy (non-hydrogen) atoms. The molecular formula is C78H56B2N4. The molecule has 6 heterocycles. The normalized spacial score (nSPS) is 12.8. The van der Waals surface area contributed by atoms with Crippen LogP contribution in [0, 0.1) is 41.5 Å². The average Bonchev–Trinajstić information content (AvgIpc) is 3.38. The van der Waals surface area contributed by atoms with E-state index in [0.29, 0.717) is 0 Å². The zero-order chi connectivity index (χ0) is 56.0. The molecule has 4 aromatic heterocycles. The highest BCUT2D eigenvalue weighted by atomic mass is 15.0. The number of aryl methyl sites for hydroxylation is 6. The summed E-state index contributed by atoms with van der Waals surface area (Å²) >= 11 is 0. The topological polar surface area (TPSA) is 19.7 Å². The van der Waals surface area contributed by atoms with Crippen molar-refractivity contribution in [2.75, 3.05) is 0 Å². The summed E-state index contributed by atoms with van der Waals surface area (Å²) in [6.45, 7) is 13.5. The number of fused-ring (bicyclic) bond motifs is 16. The van der Waals surface area contributed by atoms with E-state index >= 15 is 0 Å². The van der Waals surface area contributed by atoms with E-state index in [0.717, 1.165) is 0 Å². The lowest BCUT2D eigenvalue weighted by Crippen LogP contribution is -2.54. The second kappa shape index (κ2) is 17.3. The molecule has 0 aliphatic carbocycles. The smallest absolute Gasteiger partial charge is 0.333 e. The van der Waals surface area contributed by atoms with Gasteiger partial charge in [0.25, 0.3) is 0 Å². The fraction of sp³-hybridized carbons (Fsp3) is 0.0769. The van der Waals surface area contributed by atoms with Crippen LogP contribution in [0.1, 0.15) is 33.4 Å². The molecular weight excluding hydrogens is 1010 g/mol. The molecule has 12 aromatic carbocycles. The van der Waals surface area contributed by atoms with E-state index in [1.807, 2.05) is 0 Å². The van der Waals surface area contributed by atoms with Crippen LogP contribution in [0.2, 0.25) is 0 Å². The Balaban J connectivity index is 0.829. The zero-order valence-corrected chi connectivity index (χ0v) is 47.9. The molecule has 18 rings (SSSR count). The highest BCUT2D eigenvalue weighted by molar-refractivity contribution is 6.90. The molecule has 0 spiro atoms. The third-order valence-electron chi connectivity index (χ3n) is 19.4. The van der Waals surface area contributed by atoms with Gasteiger partial charge in [-0.2, -0.15) is 0 Å². The molecule has 0 saturated heterocycles. The fourth-order valence-corrected chi connectivity index (χ4v) is 16.0.